The summed E-state index contributed by atoms with van der Waals surface area (Å²) in [6.07, 6.45) is 4.01. The third-order valence-electron chi connectivity index (χ3n) is 4.14. The largest absolute Gasteiger partial charge is 0.270 e. The lowest BCUT2D eigenvalue weighted by Crippen LogP contribution is -2.31. The molecule has 2 fully saturated rings. The van der Waals surface area contributed by atoms with Crippen LogP contribution in [-0.4, -0.2) is 41.8 Å². The second-order valence-corrected chi connectivity index (χ2v) is 8.33. The average Bonchev–Trinajstić information content (AvgIpc) is 3.11. The molecule has 8 heteroatoms. The molecule has 0 bridgehead atoms. The Balaban J connectivity index is 1.78. The van der Waals surface area contributed by atoms with E-state index in [1.165, 1.54) is 15.2 Å². The Morgan fingerprint density at radius 1 is 1.38 bits per heavy atom. The molecule has 0 N–H and O–H groups in total. The van der Waals surface area contributed by atoms with E-state index < -0.39 is 10.0 Å². The summed E-state index contributed by atoms with van der Waals surface area (Å²) in [5, 5.41) is 4.42. The topological polar surface area (TPSA) is 72.3 Å². The Labute approximate surface area is 128 Å². The van der Waals surface area contributed by atoms with Crippen LogP contribution in [0.5, 0.6) is 0 Å². The third-order valence-corrected chi connectivity index (χ3v) is 5.59. The highest BCUT2D eigenvalue weighted by molar-refractivity contribution is 7.88. The number of halogens is 1. The van der Waals surface area contributed by atoms with Gasteiger partial charge in [0.05, 0.1) is 6.26 Å². The zero-order valence-corrected chi connectivity index (χ0v) is 13.4. The summed E-state index contributed by atoms with van der Waals surface area (Å²) in [4.78, 5) is 12.4. The van der Waals surface area contributed by atoms with E-state index in [0.717, 1.165) is 24.8 Å². The molecule has 0 aromatic carbocycles. The first-order chi connectivity index (χ1) is 9.84. The maximum absolute atomic E-state index is 12.4. The van der Waals surface area contributed by atoms with E-state index in [-0.39, 0.29) is 11.5 Å². The van der Waals surface area contributed by atoms with Gasteiger partial charge in [-0.1, -0.05) is 11.6 Å². The molecule has 0 spiro atoms. The Morgan fingerprint density at radius 2 is 2.10 bits per heavy atom. The summed E-state index contributed by atoms with van der Waals surface area (Å²) < 4.78 is 25.9. The molecule has 21 heavy (non-hydrogen) atoms. The van der Waals surface area contributed by atoms with Crippen LogP contribution < -0.4 is 5.56 Å². The van der Waals surface area contributed by atoms with Crippen molar-refractivity contribution < 1.29 is 8.42 Å². The van der Waals surface area contributed by atoms with Gasteiger partial charge in [-0.25, -0.2) is 17.4 Å². The van der Waals surface area contributed by atoms with Crippen molar-refractivity contribution in [2.45, 2.75) is 31.7 Å². The van der Waals surface area contributed by atoms with Crippen molar-refractivity contribution in [3.63, 3.8) is 0 Å². The minimum atomic E-state index is -3.16. The second-order valence-electron chi connectivity index (χ2n) is 5.96. The quantitative estimate of drug-likeness (QED) is 0.827. The number of hydrogen-bond acceptors (Lipinski definition) is 4. The first-order valence-corrected chi connectivity index (χ1v) is 9.30. The summed E-state index contributed by atoms with van der Waals surface area (Å²) in [6.45, 7) is 1.37. The zero-order valence-electron chi connectivity index (χ0n) is 11.8. The highest BCUT2D eigenvalue weighted by Crippen LogP contribution is 2.38. The van der Waals surface area contributed by atoms with Gasteiger partial charge in [0.1, 0.15) is 5.15 Å². The molecular formula is C13H18ClN3O3S. The van der Waals surface area contributed by atoms with Crippen LogP contribution in [0.1, 0.15) is 30.7 Å². The minimum Gasteiger partial charge on any atom is -0.267 e. The van der Waals surface area contributed by atoms with Gasteiger partial charge in [-0.3, -0.25) is 4.79 Å². The first kappa shape index (κ1) is 15.0. The Hall–Kier alpha value is -0.920. The number of aromatic nitrogens is 2. The number of sulfonamides is 1. The van der Waals surface area contributed by atoms with Crippen LogP contribution in [0, 0.1) is 5.92 Å². The second kappa shape index (κ2) is 5.37. The fourth-order valence-corrected chi connectivity index (χ4v) is 3.96. The van der Waals surface area contributed by atoms with Gasteiger partial charge in [0.25, 0.3) is 5.56 Å². The van der Waals surface area contributed by atoms with E-state index in [1.54, 1.807) is 6.07 Å². The Bertz CT molecular complexity index is 712. The monoisotopic (exact) mass is 331 g/mol. The Morgan fingerprint density at radius 3 is 2.67 bits per heavy atom. The standard InChI is InChI=1S/C13H18ClN3O3S/c1-21(19,20)16-5-4-9(7-16)8-17-13(18)11(10-2-3-10)6-12(14)15-17/h6,9-10H,2-5,7-8H2,1H3. The van der Waals surface area contributed by atoms with Gasteiger partial charge >= 0.3 is 0 Å². The lowest BCUT2D eigenvalue weighted by atomic mass is 10.1. The molecule has 1 saturated heterocycles. The van der Waals surface area contributed by atoms with Crippen LogP contribution in [0.25, 0.3) is 0 Å². The van der Waals surface area contributed by atoms with Crippen molar-refractivity contribution in [2.75, 3.05) is 19.3 Å². The van der Waals surface area contributed by atoms with Crippen molar-refractivity contribution in [1.82, 2.24) is 14.1 Å². The van der Waals surface area contributed by atoms with Gasteiger partial charge in [0.2, 0.25) is 10.0 Å². The summed E-state index contributed by atoms with van der Waals surface area (Å²) in [5.41, 5.74) is 0.660. The molecule has 2 heterocycles. The van der Waals surface area contributed by atoms with Crippen LogP contribution in [0.15, 0.2) is 10.9 Å². The highest BCUT2D eigenvalue weighted by Gasteiger charge is 2.31. The fourth-order valence-electron chi connectivity index (χ4n) is 2.83. The van der Waals surface area contributed by atoms with Crippen LogP contribution >= 0.6 is 11.6 Å². The molecule has 0 radical (unpaired) electrons. The maximum Gasteiger partial charge on any atom is 0.270 e. The first-order valence-electron chi connectivity index (χ1n) is 7.07. The number of rotatable bonds is 4. The molecule has 3 rings (SSSR count). The summed E-state index contributed by atoms with van der Waals surface area (Å²) in [6, 6.07) is 1.66. The minimum absolute atomic E-state index is 0.0836. The number of nitrogens with zero attached hydrogens (tertiary/aromatic N) is 3. The fraction of sp³-hybridized carbons (Fsp3) is 0.692. The predicted octanol–water partition coefficient (Wildman–Crippen LogP) is 1.06. The van der Waals surface area contributed by atoms with E-state index in [9.17, 15) is 13.2 Å². The molecule has 1 aliphatic carbocycles. The normalized spacial score (nSPS) is 23.6. The molecule has 1 saturated carbocycles. The lowest BCUT2D eigenvalue weighted by Gasteiger charge is -2.14. The van der Waals surface area contributed by atoms with E-state index >= 15 is 0 Å². The molecule has 1 aromatic heterocycles. The van der Waals surface area contributed by atoms with Crippen molar-refractivity contribution in [1.29, 1.82) is 0 Å². The molecule has 0 amide bonds. The molecule has 6 nitrogen and oxygen atoms in total. The molecular weight excluding hydrogens is 314 g/mol. The van der Waals surface area contributed by atoms with Gasteiger partial charge in [-0.15, -0.1) is 0 Å². The molecule has 1 unspecified atom stereocenters. The van der Waals surface area contributed by atoms with Crippen molar-refractivity contribution >= 4 is 21.6 Å². The van der Waals surface area contributed by atoms with E-state index in [4.69, 9.17) is 11.6 Å². The molecule has 116 valence electrons. The molecule has 1 aliphatic heterocycles. The number of hydrogen-bond donors (Lipinski definition) is 0. The van der Waals surface area contributed by atoms with Gasteiger partial charge in [-0.05, 0) is 37.2 Å². The van der Waals surface area contributed by atoms with Crippen LogP contribution in [-0.2, 0) is 16.6 Å². The van der Waals surface area contributed by atoms with E-state index in [1.807, 2.05) is 0 Å². The van der Waals surface area contributed by atoms with Gasteiger partial charge < -0.3 is 0 Å². The van der Waals surface area contributed by atoms with Crippen molar-refractivity contribution in [2.24, 2.45) is 5.92 Å². The van der Waals surface area contributed by atoms with Crippen molar-refractivity contribution in [3.8, 4) is 0 Å². The molecule has 2 aliphatic rings. The summed E-state index contributed by atoms with van der Waals surface area (Å²) in [5.74, 6) is 0.427. The molecule has 1 aromatic rings. The average molecular weight is 332 g/mol. The lowest BCUT2D eigenvalue weighted by molar-refractivity contribution is 0.404. The highest BCUT2D eigenvalue weighted by atomic mass is 35.5. The van der Waals surface area contributed by atoms with Crippen LogP contribution in [0.3, 0.4) is 0 Å². The Kier molecular flexibility index (Phi) is 3.83. The van der Waals surface area contributed by atoms with Gasteiger partial charge in [0.15, 0.2) is 0 Å². The third kappa shape index (κ3) is 3.30. The van der Waals surface area contributed by atoms with E-state index in [0.29, 0.717) is 30.7 Å². The maximum atomic E-state index is 12.4. The van der Waals surface area contributed by atoms with Crippen LogP contribution in [0.2, 0.25) is 5.15 Å². The van der Waals surface area contributed by atoms with Gasteiger partial charge in [0, 0.05) is 25.2 Å². The van der Waals surface area contributed by atoms with Gasteiger partial charge in [-0.2, -0.15) is 5.10 Å². The van der Waals surface area contributed by atoms with E-state index in [2.05, 4.69) is 5.10 Å². The smallest absolute Gasteiger partial charge is 0.267 e. The SMILES string of the molecule is CS(=O)(=O)N1CCC(Cn2nc(Cl)cc(C3CC3)c2=O)C1. The summed E-state index contributed by atoms with van der Waals surface area (Å²) >= 11 is 6.00. The van der Waals surface area contributed by atoms with Crippen LogP contribution in [0.4, 0.5) is 0 Å². The van der Waals surface area contributed by atoms with Crippen molar-refractivity contribution in [3.05, 3.63) is 27.1 Å². The predicted molar refractivity (Wildman–Crippen MR) is 80.0 cm³/mol. The summed E-state index contributed by atoms with van der Waals surface area (Å²) in [7, 11) is -3.16. The molecule has 1 atom stereocenters. The zero-order chi connectivity index (χ0) is 15.2.